The second kappa shape index (κ2) is 4.99. The number of rotatable bonds is 3. The third-order valence-electron chi connectivity index (χ3n) is 4.01. The Morgan fingerprint density at radius 2 is 2.00 bits per heavy atom. The highest BCUT2D eigenvalue weighted by atomic mass is 15.1. The van der Waals surface area contributed by atoms with Gasteiger partial charge in [0.2, 0.25) is 0 Å². The SMILES string of the molecule is CC(C)C(C)N(C)c1ccc2c(c1)NCCC2. The lowest BCUT2D eigenvalue weighted by molar-refractivity contribution is 0.505. The predicted molar refractivity (Wildman–Crippen MR) is 76.0 cm³/mol. The Morgan fingerprint density at radius 3 is 2.71 bits per heavy atom. The summed E-state index contributed by atoms with van der Waals surface area (Å²) >= 11 is 0. The molecule has 17 heavy (non-hydrogen) atoms. The Morgan fingerprint density at radius 1 is 1.24 bits per heavy atom. The van der Waals surface area contributed by atoms with Gasteiger partial charge in [0.25, 0.3) is 0 Å². The number of aryl methyl sites for hydroxylation is 1. The number of anilines is 2. The van der Waals surface area contributed by atoms with Gasteiger partial charge in [-0.2, -0.15) is 0 Å². The summed E-state index contributed by atoms with van der Waals surface area (Å²) in [6.45, 7) is 7.95. The van der Waals surface area contributed by atoms with E-state index < -0.39 is 0 Å². The Labute approximate surface area is 105 Å². The average Bonchev–Trinajstić information content (AvgIpc) is 2.36. The van der Waals surface area contributed by atoms with E-state index in [-0.39, 0.29) is 0 Å². The molecule has 0 aliphatic carbocycles. The molecule has 0 aromatic heterocycles. The summed E-state index contributed by atoms with van der Waals surface area (Å²) < 4.78 is 0. The molecular formula is C15H24N2. The molecule has 1 aromatic carbocycles. The fourth-order valence-corrected chi connectivity index (χ4v) is 2.35. The van der Waals surface area contributed by atoms with Crippen LogP contribution >= 0.6 is 0 Å². The maximum absolute atomic E-state index is 3.50. The van der Waals surface area contributed by atoms with Crippen molar-refractivity contribution in [2.75, 3.05) is 23.8 Å². The summed E-state index contributed by atoms with van der Waals surface area (Å²) in [7, 11) is 2.19. The van der Waals surface area contributed by atoms with Gasteiger partial charge >= 0.3 is 0 Å². The van der Waals surface area contributed by atoms with E-state index >= 15 is 0 Å². The summed E-state index contributed by atoms with van der Waals surface area (Å²) in [5.74, 6) is 0.670. The average molecular weight is 232 g/mol. The molecule has 0 spiro atoms. The molecule has 0 saturated heterocycles. The Balaban J connectivity index is 2.21. The van der Waals surface area contributed by atoms with Crippen molar-refractivity contribution < 1.29 is 0 Å². The summed E-state index contributed by atoms with van der Waals surface area (Å²) in [6.07, 6.45) is 2.47. The summed E-state index contributed by atoms with van der Waals surface area (Å²) in [6, 6.07) is 7.40. The van der Waals surface area contributed by atoms with E-state index in [1.54, 1.807) is 0 Å². The van der Waals surface area contributed by atoms with Crippen LogP contribution in [-0.2, 0) is 6.42 Å². The van der Waals surface area contributed by atoms with Crippen molar-refractivity contribution in [2.45, 2.75) is 39.7 Å². The molecule has 2 heteroatoms. The van der Waals surface area contributed by atoms with Crippen molar-refractivity contribution in [2.24, 2.45) is 5.92 Å². The Bertz CT molecular complexity index is 385. The van der Waals surface area contributed by atoms with Gasteiger partial charge < -0.3 is 10.2 Å². The second-order valence-corrected chi connectivity index (χ2v) is 5.47. The van der Waals surface area contributed by atoms with E-state index in [9.17, 15) is 0 Å². The van der Waals surface area contributed by atoms with Crippen molar-refractivity contribution in [3.05, 3.63) is 23.8 Å². The van der Waals surface area contributed by atoms with Gasteiger partial charge in [-0.3, -0.25) is 0 Å². The zero-order valence-electron chi connectivity index (χ0n) is 11.5. The molecule has 0 radical (unpaired) electrons. The molecule has 1 atom stereocenters. The normalized spacial score (nSPS) is 16.3. The van der Waals surface area contributed by atoms with Crippen LogP contribution in [0.5, 0.6) is 0 Å². The molecule has 1 aliphatic rings. The van der Waals surface area contributed by atoms with Crippen LogP contribution in [0.3, 0.4) is 0 Å². The van der Waals surface area contributed by atoms with Crippen LogP contribution in [0.25, 0.3) is 0 Å². The number of nitrogens with zero attached hydrogens (tertiary/aromatic N) is 1. The zero-order chi connectivity index (χ0) is 12.4. The van der Waals surface area contributed by atoms with Crippen molar-refractivity contribution in [3.63, 3.8) is 0 Å². The van der Waals surface area contributed by atoms with Crippen molar-refractivity contribution in [1.82, 2.24) is 0 Å². The zero-order valence-corrected chi connectivity index (χ0v) is 11.5. The molecule has 2 nitrogen and oxygen atoms in total. The molecule has 0 fully saturated rings. The first kappa shape index (κ1) is 12.3. The lowest BCUT2D eigenvalue weighted by Crippen LogP contribution is -2.33. The van der Waals surface area contributed by atoms with Crippen LogP contribution in [0.1, 0.15) is 32.8 Å². The van der Waals surface area contributed by atoms with Gasteiger partial charge in [0.15, 0.2) is 0 Å². The van der Waals surface area contributed by atoms with Crippen LogP contribution in [0, 0.1) is 5.92 Å². The van der Waals surface area contributed by atoms with Gasteiger partial charge in [0.1, 0.15) is 0 Å². The fraction of sp³-hybridized carbons (Fsp3) is 0.600. The van der Waals surface area contributed by atoms with Gasteiger partial charge in [0.05, 0.1) is 0 Å². The van der Waals surface area contributed by atoms with Crippen LogP contribution in [-0.4, -0.2) is 19.6 Å². The lowest BCUT2D eigenvalue weighted by Gasteiger charge is -2.31. The number of hydrogen-bond acceptors (Lipinski definition) is 2. The first-order valence-electron chi connectivity index (χ1n) is 6.69. The quantitative estimate of drug-likeness (QED) is 0.857. The Kier molecular flexibility index (Phi) is 3.60. The topological polar surface area (TPSA) is 15.3 Å². The molecule has 1 aliphatic heterocycles. The van der Waals surface area contributed by atoms with Crippen LogP contribution in [0.15, 0.2) is 18.2 Å². The largest absolute Gasteiger partial charge is 0.385 e. The first-order chi connectivity index (χ1) is 8.09. The maximum atomic E-state index is 3.50. The van der Waals surface area contributed by atoms with E-state index in [1.807, 2.05) is 0 Å². The van der Waals surface area contributed by atoms with Gasteiger partial charge in [-0.25, -0.2) is 0 Å². The van der Waals surface area contributed by atoms with Gasteiger partial charge in [-0.15, -0.1) is 0 Å². The molecule has 1 aromatic rings. The number of benzene rings is 1. The minimum atomic E-state index is 0.566. The number of hydrogen-bond donors (Lipinski definition) is 1. The smallest absolute Gasteiger partial charge is 0.0393 e. The van der Waals surface area contributed by atoms with Gasteiger partial charge in [0, 0.05) is 31.0 Å². The van der Waals surface area contributed by atoms with Gasteiger partial charge in [-0.1, -0.05) is 19.9 Å². The fourth-order valence-electron chi connectivity index (χ4n) is 2.35. The van der Waals surface area contributed by atoms with Crippen LogP contribution < -0.4 is 10.2 Å². The highest BCUT2D eigenvalue weighted by Gasteiger charge is 2.15. The lowest BCUT2D eigenvalue weighted by atomic mass is 10.0. The Hall–Kier alpha value is -1.18. The van der Waals surface area contributed by atoms with E-state index in [0.29, 0.717) is 12.0 Å². The van der Waals surface area contributed by atoms with Crippen LogP contribution in [0.2, 0.25) is 0 Å². The molecular weight excluding hydrogens is 208 g/mol. The summed E-state index contributed by atoms with van der Waals surface area (Å²) in [5.41, 5.74) is 4.11. The highest BCUT2D eigenvalue weighted by molar-refractivity contribution is 5.63. The molecule has 1 N–H and O–H groups in total. The van der Waals surface area contributed by atoms with E-state index in [0.717, 1.165) is 6.54 Å². The number of nitrogens with one attached hydrogen (secondary N) is 1. The third kappa shape index (κ3) is 2.56. The minimum absolute atomic E-state index is 0.566. The molecule has 2 rings (SSSR count). The van der Waals surface area contributed by atoms with Crippen molar-refractivity contribution in [1.29, 1.82) is 0 Å². The summed E-state index contributed by atoms with van der Waals surface area (Å²) in [5, 5.41) is 3.50. The third-order valence-corrected chi connectivity index (χ3v) is 4.01. The summed E-state index contributed by atoms with van der Waals surface area (Å²) in [4.78, 5) is 2.38. The van der Waals surface area contributed by atoms with Crippen molar-refractivity contribution in [3.8, 4) is 0 Å². The number of fused-ring (bicyclic) bond motifs is 1. The molecule has 94 valence electrons. The molecule has 1 unspecified atom stereocenters. The molecule has 0 saturated carbocycles. The second-order valence-electron chi connectivity index (χ2n) is 5.47. The monoisotopic (exact) mass is 232 g/mol. The molecule has 0 bridgehead atoms. The highest BCUT2D eigenvalue weighted by Crippen LogP contribution is 2.28. The predicted octanol–water partition coefficient (Wildman–Crippen LogP) is 3.53. The molecule has 0 amide bonds. The van der Waals surface area contributed by atoms with Crippen LogP contribution in [0.4, 0.5) is 11.4 Å². The minimum Gasteiger partial charge on any atom is -0.385 e. The van der Waals surface area contributed by atoms with E-state index in [1.165, 1.54) is 29.8 Å². The molecule has 1 heterocycles. The van der Waals surface area contributed by atoms with Gasteiger partial charge in [-0.05, 0) is 43.4 Å². The van der Waals surface area contributed by atoms with Crippen molar-refractivity contribution >= 4 is 11.4 Å². The first-order valence-corrected chi connectivity index (χ1v) is 6.69. The standard InChI is InChI=1S/C15H24N2/c1-11(2)12(3)17(4)14-8-7-13-6-5-9-16-15(13)10-14/h7-8,10-12,16H,5-6,9H2,1-4H3. The van der Waals surface area contributed by atoms with E-state index in [2.05, 4.69) is 56.2 Å². The van der Waals surface area contributed by atoms with E-state index in [4.69, 9.17) is 0 Å². The maximum Gasteiger partial charge on any atom is 0.0393 e.